The standard InChI is InChI=1S/C14H13FN2S/c1-10(4-11-2-3-18-9-11)17-14-6-12(8-16)5-13(15)7-14/h2-3,5-7,9-10,17H,4H2,1H3. The van der Waals surface area contributed by atoms with Gasteiger partial charge in [-0.3, -0.25) is 0 Å². The highest BCUT2D eigenvalue weighted by molar-refractivity contribution is 7.07. The van der Waals surface area contributed by atoms with Crippen molar-refractivity contribution >= 4 is 17.0 Å². The molecule has 0 aliphatic rings. The molecule has 0 bridgehead atoms. The number of hydrogen-bond acceptors (Lipinski definition) is 3. The highest BCUT2D eigenvalue weighted by atomic mass is 32.1. The van der Waals surface area contributed by atoms with Gasteiger partial charge < -0.3 is 5.32 Å². The first-order valence-electron chi connectivity index (χ1n) is 5.65. The summed E-state index contributed by atoms with van der Waals surface area (Å²) in [6.45, 7) is 2.04. The molecule has 0 aliphatic heterocycles. The van der Waals surface area contributed by atoms with E-state index < -0.39 is 0 Å². The molecule has 1 aromatic heterocycles. The fraction of sp³-hybridized carbons (Fsp3) is 0.214. The summed E-state index contributed by atoms with van der Waals surface area (Å²) >= 11 is 1.67. The van der Waals surface area contributed by atoms with Crippen molar-refractivity contribution in [2.75, 3.05) is 5.32 Å². The van der Waals surface area contributed by atoms with Gasteiger partial charge in [-0.2, -0.15) is 16.6 Å². The average Bonchev–Trinajstić information content (AvgIpc) is 2.80. The van der Waals surface area contributed by atoms with Gasteiger partial charge in [0.15, 0.2) is 0 Å². The molecule has 18 heavy (non-hydrogen) atoms. The monoisotopic (exact) mass is 260 g/mol. The number of thiophene rings is 1. The molecule has 1 atom stereocenters. The van der Waals surface area contributed by atoms with Crippen molar-refractivity contribution in [2.45, 2.75) is 19.4 Å². The average molecular weight is 260 g/mol. The maximum atomic E-state index is 13.3. The van der Waals surface area contributed by atoms with Gasteiger partial charge in [-0.1, -0.05) is 0 Å². The van der Waals surface area contributed by atoms with Crippen molar-refractivity contribution in [3.8, 4) is 6.07 Å². The zero-order chi connectivity index (χ0) is 13.0. The van der Waals surface area contributed by atoms with Crippen LogP contribution in [0.25, 0.3) is 0 Å². The number of benzene rings is 1. The Kier molecular flexibility index (Phi) is 3.96. The number of anilines is 1. The second-order valence-electron chi connectivity index (χ2n) is 4.22. The predicted octanol–water partition coefficient (Wildman–Crippen LogP) is 3.80. The van der Waals surface area contributed by atoms with Gasteiger partial charge >= 0.3 is 0 Å². The summed E-state index contributed by atoms with van der Waals surface area (Å²) in [6, 6.07) is 8.51. The second-order valence-corrected chi connectivity index (χ2v) is 5.00. The minimum atomic E-state index is -0.390. The van der Waals surface area contributed by atoms with Gasteiger partial charge in [-0.25, -0.2) is 4.39 Å². The van der Waals surface area contributed by atoms with Crippen LogP contribution >= 0.6 is 11.3 Å². The summed E-state index contributed by atoms with van der Waals surface area (Å²) < 4.78 is 13.3. The Morgan fingerprint density at radius 2 is 2.28 bits per heavy atom. The number of halogens is 1. The molecule has 1 aromatic carbocycles. The molecule has 92 valence electrons. The number of nitrogens with one attached hydrogen (secondary N) is 1. The van der Waals surface area contributed by atoms with Crippen LogP contribution in [0.2, 0.25) is 0 Å². The first-order valence-corrected chi connectivity index (χ1v) is 6.60. The number of nitrogens with zero attached hydrogens (tertiary/aromatic N) is 1. The smallest absolute Gasteiger partial charge is 0.126 e. The third-order valence-corrected chi connectivity index (χ3v) is 3.29. The van der Waals surface area contributed by atoms with E-state index in [2.05, 4.69) is 16.8 Å². The van der Waals surface area contributed by atoms with E-state index in [1.165, 1.54) is 17.7 Å². The van der Waals surface area contributed by atoms with Crippen molar-refractivity contribution in [2.24, 2.45) is 0 Å². The highest BCUT2D eigenvalue weighted by Gasteiger charge is 2.06. The summed E-state index contributed by atoms with van der Waals surface area (Å²) in [6.07, 6.45) is 0.877. The van der Waals surface area contributed by atoms with E-state index in [4.69, 9.17) is 5.26 Å². The van der Waals surface area contributed by atoms with Gasteiger partial charge in [0.1, 0.15) is 5.82 Å². The van der Waals surface area contributed by atoms with E-state index in [0.717, 1.165) is 6.42 Å². The van der Waals surface area contributed by atoms with Crippen LogP contribution in [0.15, 0.2) is 35.0 Å². The molecule has 1 heterocycles. The molecule has 0 saturated carbocycles. The summed E-state index contributed by atoms with van der Waals surface area (Å²) in [5.74, 6) is -0.390. The number of rotatable bonds is 4. The molecule has 0 aliphatic carbocycles. The predicted molar refractivity (Wildman–Crippen MR) is 72.2 cm³/mol. The quantitative estimate of drug-likeness (QED) is 0.907. The van der Waals surface area contributed by atoms with E-state index in [1.807, 2.05) is 18.4 Å². The Morgan fingerprint density at radius 1 is 1.44 bits per heavy atom. The Labute approximate surface area is 110 Å². The molecule has 0 radical (unpaired) electrons. The summed E-state index contributed by atoms with van der Waals surface area (Å²) in [5, 5.41) is 16.1. The molecular formula is C14H13FN2S. The third-order valence-electron chi connectivity index (χ3n) is 2.56. The topological polar surface area (TPSA) is 35.8 Å². The van der Waals surface area contributed by atoms with Gasteiger partial charge in [0.2, 0.25) is 0 Å². The SMILES string of the molecule is CC(Cc1ccsc1)Nc1cc(F)cc(C#N)c1. The van der Waals surface area contributed by atoms with Crippen LogP contribution in [0, 0.1) is 17.1 Å². The largest absolute Gasteiger partial charge is 0.382 e. The van der Waals surface area contributed by atoms with Gasteiger partial charge in [0, 0.05) is 11.7 Å². The molecule has 0 saturated heterocycles. The fourth-order valence-corrected chi connectivity index (χ4v) is 2.52. The lowest BCUT2D eigenvalue weighted by atomic mass is 10.1. The van der Waals surface area contributed by atoms with Crippen LogP contribution in [-0.2, 0) is 6.42 Å². The first kappa shape index (κ1) is 12.6. The zero-order valence-corrected chi connectivity index (χ0v) is 10.8. The fourth-order valence-electron chi connectivity index (χ4n) is 1.84. The van der Waals surface area contributed by atoms with Crippen molar-refractivity contribution < 1.29 is 4.39 Å². The van der Waals surface area contributed by atoms with Crippen LogP contribution in [0.3, 0.4) is 0 Å². The maximum Gasteiger partial charge on any atom is 0.126 e. The molecule has 2 nitrogen and oxygen atoms in total. The van der Waals surface area contributed by atoms with Crippen molar-refractivity contribution in [1.82, 2.24) is 0 Å². The zero-order valence-electron chi connectivity index (χ0n) is 9.98. The Morgan fingerprint density at radius 3 is 2.94 bits per heavy atom. The van der Waals surface area contributed by atoms with E-state index in [0.29, 0.717) is 11.3 Å². The van der Waals surface area contributed by atoms with Crippen LogP contribution in [0.4, 0.5) is 10.1 Å². The van der Waals surface area contributed by atoms with Crippen LogP contribution in [0.1, 0.15) is 18.1 Å². The summed E-state index contributed by atoms with van der Waals surface area (Å²) in [4.78, 5) is 0. The van der Waals surface area contributed by atoms with Crippen molar-refractivity contribution in [1.29, 1.82) is 5.26 Å². The molecule has 2 rings (SSSR count). The van der Waals surface area contributed by atoms with Crippen molar-refractivity contribution in [3.63, 3.8) is 0 Å². The van der Waals surface area contributed by atoms with Crippen LogP contribution in [-0.4, -0.2) is 6.04 Å². The van der Waals surface area contributed by atoms with E-state index in [-0.39, 0.29) is 11.9 Å². The number of nitriles is 1. The van der Waals surface area contributed by atoms with Crippen molar-refractivity contribution in [3.05, 3.63) is 52.0 Å². The Hall–Kier alpha value is -1.86. The lowest BCUT2D eigenvalue weighted by Gasteiger charge is -2.14. The minimum Gasteiger partial charge on any atom is -0.382 e. The third kappa shape index (κ3) is 3.31. The second kappa shape index (κ2) is 5.65. The Balaban J connectivity index is 2.05. The van der Waals surface area contributed by atoms with Gasteiger partial charge in [-0.15, -0.1) is 0 Å². The van der Waals surface area contributed by atoms with E-state index in [1.54, 1.807) is 17.4 Å². The molecule has 4 heteroatoms. The summed E-state index contributed by atoms with van der Waals surface area (Å²) in [5.41, 5.74) is 2.24. The van der Waals surface area contributed by atoms with E-state index in [9.17, 15) is 4.39 Å². The maximum absolute atomic E-state index is 13.3. The van der Waals surface area contributed by atoms with Crippen LogP contribution < -0.4 is 5.32 Å². The molecule has 2 aromatic rings. The lowest BCUT2D eigenvalue weighted by Crippen LogP contribution is -2.17. The number of hydrogen-bond donors (Lipinski definition) is 1. The lowest BCUT2D eigenvalue weighted by molar-refractivity contribution is 0.627. The summed E-state index contributed by atoms with van der Waals surface area (Å²) in [7, 11) is 0. The van der Waals surface area contributed by atoms with Gasteiger partial charge in [0.25, 0.3) is 0 Å². The molecular weight excluding hydrogens is 247 g/mol. The first-order chi connectivity index (χ1) is 8.67. The minimum absolute atomic E-state index is 0.188. The molecule has 1 unspecified atom stereocenters. The molecule has 1 N–H and O–H groups in total. The molecule has 0 amide bonds. The Bertz CT molecular complexity index is 558. The van der Waals surface area contributed by atoms with Gasteiger partial charge in [-0.05, 0) is 53.9 Å². The normalized spacial score (nSPS) is 11.8. The molecule has 0 spiro atoms. The van der Waals surface area contributed by atoms with E-state index >= 15 is 0 Å². The molecule has 0 fully saturated rings. The highest BCUT2D eigenvalue weighted by Crippen LogP contribution is 2.16. The van der Waals surface area contributed by atoms with Gasteiger partial charge in [0.05, 0.1) is 11.6 Å². The van der Waals surface area contributed by atoms with Crippen LogP contribution in [0.5, 0.6) is 0 Å².